The second-order valence-corrected chi connectivity index (χ2v) is 7.19. The summed E-state index contributed by atoms with van der Waals surface area (Å²) in [5.41, 5.74) is 9.25. The van der Waals surface area contributed by atoms with Gasteiger partial charge in [-0.3, -0.25) is 0 Å². The van der Waals surface area contributed by atoms with Gasteiger partial charge in [0, 0.05) is 28.6 Å². The monoisotopic (exact) mass is 498 g/mol. The van der Waals surface area contributed by atoms with Crippen LogP contribution in [0.3, 0.4) is 0 Å². The third-order valence-electron chi connectivity index (χ3n) is 3.35. The van der Waals surface area contributed by atoms with Crippen molar-refractivity contribution in [1.29, 1.82) is 0 Å². The minimum Gasteiger partial charge on any atom is -0.354 e. The van der Waals surface area contributed by atoms with E-state index in [-0.39, 0.29) is 0 Å². The Labute approximate surface area is 141 Å². The minimum atomic E-state index is 0.612. The summed E-state index contributed by atoms with van der Waals surface area (Å²) in [6, 6.07) is 0. The van der Waals surface area contributed by atoms with Crippen LogP contribution in [0.15, 0.2) is 8.95 Å². The highest BCUT2D eigenvalue weighted by molar-refractivity contribution is 14.1. The van der Waals surface area contributed by atoms with E-state index in [2.05, 4.69) is 64.3 Å². The molecule has 4 nitrogen and oxygen atoms in total. The lowest BCUT2D eigenvalue weighted by Crippen LogP contribution is -2.17. The van der Waals surface area contributed by atoms with E-state index in [4.69, 9.17) is 10.7 Å². The van der Waals surface area contributed by atoms with Gasteiger partial charge >= 0.3 is 0 Å². The summed E-state index contributed by atoms with van der Waals surface area (Å²) in [6.45, 7) is 2.37. The molecule has 2 aromatic rings. The van der Waals surface area contributed by atoms with Crippen LogP contribution in [0.2, 0.25) is 0 Å². The highest BCUT2D eigenvalue weighted by Gasteiger charge is 2.24. The fourth-order valence-electron chi connectivity index (χ4n) is 2.53. The Morgan fingerprint density at radius 1 is 1.37 bits per heavy atom. The first-order valence-electron chi connectivity index (χ1n) is 6.14. The molecule has 102 valence electrons. The number of aryl methyl sites for hydroxylation is 2. The zero-order valence-corrected chi connectivity index (χ0v) is 15.5. The summed E-state index contributed by atoms with van der Waals surface area (Å²) in [6.07, 6.45) is 2.23. The van der Waals surface area contributed by atoms with Crippen molar-refractivity contribution in [1.82, 2.24) is 9.55 Å². The van der Waals surface area contributed by atoms with Gasteiger partial charge in [-0.15, -0.1) is 0 Å². The van der Waals surface area contributed by atoms with Crippen molar-refractivity contribution >= 4 is 71.4 Å². The molecule has 0 spiro atoms. The molecule has 0 atom stereocenters. The van der Waals surface area contributed by atoms with Crippen LogP contribution in [-0.4, -0.2) is 22.6 Å². The maximum atomic E-state index is 5.57. The second-order valence-electron chi connectivity index (χ2n) is 4.52. The second kappa shape index (κ2) is 5.50. The zero-order valence-electron chi connectivity index (χ0n) is 10.1. The molecule has 0 unspecified atom stereocenters. The van der Waals surface area contributed by atoms with Gasteiger partial charge in [0.1, 0.15) is 5.52 Å². The standard InChI is InChI=1S/C12H13Br2IN4/c13-7-6-2-1-5-19-11(6)10(9(15)8(7)14)18-12(19)17-4-3-16/h1-5,16H2,(H,17,18). The van der Waals surface area contributed by atoms with Crippen LogP contribution < -0.4 is 11.1 Å². The van der Waals surface area contributed by atoms with Crippen molar-refractivity contribution in [2.24, 2.45) is 5.73 Å². The van der Waals surface area contributed by atoms with Crippen LogP contribution in [0.5, 0.6) is 0 Å². The van der Waals surface area contributed by atoms with Crippen molar-refractivity contribution in [3.8, 4) is 0 Å². The first kappa shape index (κ1) is 14.1. The van der Waals surface area contributed by atoms with E-state index in [1.165, 1.54) is 11.1 Å². The molecule has 1 aromatic carbocycles. The molecule has 1 aliphatic heterocycles. The van der Waals surface area contributed by atoms with E-state index in [1.807, 2.05) is 0 Å². The van der Waals surface area contributed by atoms with Gasteiger partial charge in [-0.25, -0.2) is 4.98 Å². The summed E-state index contributed by atoms with van der Waals surface area (Å²) >= 11 is 9.72. The van der Waals surface area contributed by atoms with Gasteiger partial charge in [-0.05, 0) is 72.9 Å². The Morgan fingerprint density at radius 2 is 2.16 bits per heavy atom. The van der Waals surface area contributed by atoms with E-state index in [9.17, 15) is 0 Å². The molecular weight excluding hydrogens is 487 g/mol. The van der Waals surface area contributed by atoms with Crippen molar-refractivity contribution in [2.75, 3.05) is 18.4 Å². The van der Waals surface area contributed by atoms with Crippen molar-refractivity contribution < 1.29 is 0 Å². The normalized spacial score (nSPS) is 14.1. The van der Waals surface area contributed by atoms with Crippen LogP contribution >= 0.6 is 54.5 Å². The molecule has 19 heavy (non-hydrogen) atoms. The first-order valence-corrected chi connectivity index (χ1v) is 8.81. The average Bonchev–Trinajstić information content (AvgIpc) is 2.80. The Morgan fingerprint density at radius 3 is 2.89 bits per heavy atom. The lowest BCUT2D eigenvalue weighted by Gasteiger charge is -2.19. The minimum absolute atomic E-state index is 0.612. The van der Waals surface area contributed by atoms with E-state index < -0.39 is 0 Å². The van der Waals surface area contributed by atoms with Gasteiger partial charge in [0.25, 0.3) is 0 Å². The molecule has 0 radical (unpaired) electrons. The van der Waals surface area contributed by atoms with Gasteiger partial charge in [0.05, 0.1) is 9.09 Å². The van der Waals surface area contributed by atoms with Crippen LogP contribution in [0.1, 0.15) is 12.0 Å². The van der Waals surface area contributed by atoms with Gasteiger partial charge in [0.15, 0.2) is 0 Å². The predicted molar refractivity (Wildman–Crippen MR) is 93.7 cm³/mol. The van der Waals surface area contributed by atoms with Crippen LogP contribution in [0.4, 0.5) is 5.95 Å². The third-order valence-corrected chi connectivity index (χ3v) is 7.34. The lowest BCUT2D eigenvalue weighted by molar-refractivity contribution is 0.634. The smallest absolute Gasteiger partial charge is 0.203 e. The number of nitrogens with zero attached hydrogens (tertiary/aromatic N) is 2. The third kappa shape index (κ3) is 2.22. The molecule has 2 heterocycles. The number of aromatic nitrogens is 2. The molecule has 0 aliphatic carbocycles. The van der Waals surface area contributed by atoms with Crippen molar-refractivity contribution in [2.45, 2.75) is 19.4 Å². The summed E-state index contributed by atoms with van der Waals surface area (Å²) in [5.74, 6) is 0.935. The van der Waals surface area contributed by atoms with E-state index in [0.717, 1.165) is 49.9 Å². The summed E-state index contributed by atoms with van der Waals surface area (Å²) < 4.78 is 5.70. The number of nitrogens with one attached hydrogen (secondary N) is 1. The largest absolute Gasteiger partial charge is 0.354 e. The average molecular weight is 500 g/mol. The zero-order chi connectivity index (χ0) is 13.6. The molecule has 0 saturated carbocycles. The van der Waals surface area contributed by atoms with Gasteiger partial charge in [0.2, 0.25) is 5.95 Å². The Kier molecular flexibility index (Phi) is 4.08. The number of hydrogen-bond acceptors (Lipinski definition) is 3. The molecule has 0 bridgehead atoms. The fraction of sp³-hybridized carbons (Fsp3) is 0.417. The molecule has 1 aromatic heterocycles. The van der Waals surface area contributed by atoms with Gasteiger partial charge in [-0.1, -0.05) is 0 Å². The summed E-state index contributed by atoms with van der Waals surface area (Å²) in [7, 11) is 0. The Hall–Kier alpha value is 0.140. The van der Waals surface area contributed by atoms with E-state index in [0.29, 0.717) is 6.54 Å². The number of imidazole rings is 1. The number of halogens is 3. The predicted octanol–water partition coefficient (Wildman–Crippen LogP) is 3.48. The van der Waals surface area contributed by atoms with Crippen LogP contribution in [0.25, 0.3) is 11.0 Å². The summed E-state index contributed by atoms with van der Waals surface area (Å²) in [5, 5.41) is 3.32. The molecule has 3 rings (SSSR count). The number of anilines is 1. The van der Waals surface area contributed by atoms with Crippen LogP contribution in [0, 0.1) is 3.57 Å². The SMILES string of the molecule is NCCNc1nc2c(I)c(Br)c(Br)c3c2n1CCC3. The number of nitrogens with two attached hydrogens (primary N) is 1. The molecule has 1 aliphatic rings. The highest BCUT2D eigenvalue weighted by Crippen LogP contribution is 2.41. The lowest BCUT2D eigenvalue weighted by atomic mass is 10.0. The molecule has 0 amide bonds. The topological polar surface area (TPSA) is 55.9 Å². The Bertz CT molecular complexity index is 653. The molecular formula is C12H13Br2IN4. The number of benzene rings is 1. The molecule has 3 N–H and O–H groups in total. The number of rotatable bonds is 3. The first-order chi connectivity index (χ1) is 9.15. The fourth-order valence-corrected chi connectivity index (χ4v) is 4.56. The van der Waals surface area contributed by atoms with E-state index in [1.54, 1.807) is 0 Å². The highest BCUT2D eigenvalue weighted by atomic mass is 127. The molecule has 7 heteroatoms. The van der Waals surface area contributed by atoms with Crippen molar-refractivity contribution in [3.05, 3.63) is 18.1 Å². The van der Waals surface area contributed by atoms with Gasteiger partial charge < -0.3 is 15.6 Å². The van der Waals surface area contributed by atoms with E-state index >= 15 is 0 Å². The quantitative estimate of drug-likeness (QED) is 0.502. The molecule has 0 fully saturated rings. The number of hydrogen-bond donors (Lipinski definition) is 2. The van der Waals surface area contributed by atoms with Crippen LogP contribution in [-0.2, 0) is 13.0 Å². The van der Waals surface area contributed by atoms with Crippen molar-refractivity contribution in [3.63, 3.8) is 0 Å². The Balaban J connectivity index is 2.29. The van der Waals surface area contributed by atoms with Gasteiger partial charge in [-0.2, -0.15) is 0 Å². The summed E-state index contributed by atoms with van der Waals surface area (Å²) in [4.78, 5) is 4.76. The maximum Gasteiger partial charge on any atom is 0.203 e. The molecule has 0 saturated heterocycles. The maximum absolute atomic E-state index is 5.57.